The molecule has 13 heavy (non-hydrogen) atoms. The van der Waals surface area contributed by atoms with Crippen molar-refractivity contribution in [3.8, 4) is 0 Å². The molecule has 0 aromatic rings. The van der Waals surface area contributed by atoms with Crippen molar-refractivity contribution >= 4 is 0 Å². The first-order valence-electron chi connectivity index (χ1n) is 6.13. The van der Waals surface area contributed by atoms with Crippen molar-refractivity contribution in [2.75, 3.05) is 6.54 Å². The Balaban J connectivity index is 1.84. The van der Waals surface area contributed by atoms with E-state index >= 15 is 0 Å². The summed E-state index contributed by atoms with van der Waals surface area (Å²) in [5.41, 5.74) is 0. The smallest absolute Gasteiger partial charge is 0.00979 e. The zero-order chi connectivity index (χ0) is 9.10. The SMILES string of the molecule is CCC1CCNC(C2CCCC2)C1. The Morgan fingerprint density at radius 2 is 1.92 bits per heavy atom. The number of nitrogens with one attached hydrogen (secondary N) is 1. The van der Waals surface area contributed by atoms with E-state index in [0.29, 0.717) is 0 Å². The first kappa shape index (κ1) is 9.51. The van der Waals surface area contributed by atoms with Gasteiger partial charge in [-0.3, -0.25) is 0 Å². The highest BCUT2D eigenvalue weighted by Gasteiger charge is 2.28. The molecule has 2 fully saturated rings. The Hall–Kier alpha value is -0.0400. The Kier molecular flexibility index (Phi) is 3.26. The largest absolute Gasteiger partial charge is 0.314 e. The summed E-state index contributed by atoms with van der Waals surface area (Å²) in [4.78, 5) is 0. The van der Waals surface area contributed by atoms with Gasteiger partial charge in [0.25, 0.3) is 0 Å². The molecule has 2 rings (SSSR count). The molecule has 0 aromatic carbocycles. The van der Waals surface area contributed by atoms with Crippen molar-refractivity contribution in [3.63, 3.8) is 0 Å². The lowest BCUT2D eigenvalue weighted by atomic mass is 9.83. The van der Waals surface area contributed by atoms with Gasteiger partial charge in [-0.15, -0.1) is 0 Å². The summed E-state index contributed by atoms with van der Waals surface area (Å²) in [6, 6.07) is 0.876. The predicted octanol–water partition coefficient (Wildman–Crippen LogP) is 2.95. The average molecular weight is 181 g/mol. The van der Waals surface area contributed by atoms with Crippen molar-refractivity contribution in [2.45, 2.75) is 57.9 Å². The average Bonchev–Trinajstić information content (AvgIpc) is 2.71. The number of piperidine rings is 1. The molecule has 0 aromatic heterocycles. The molecule has 0 radical (unpaired) electrons. The van der Waals surface area contributed by atoms with E-state index in [1.165, 1.54) is 51.5 Å². The normalized spacial score (nSPS) is 36.7. The Bertz CT molecular complexity index is 149. The maximum absolute atomic E-state index is 3.73. The van der Waals surface area contributed by atoms with Gasteiger partial charge in [-0.05, 0) is 44.1 Å². The van der Waals surface area contributed by atoms with Gasteiger partial charge >= 0.3 is 0 Å². The molecule has 1 N–H and O–H groups in total. The highest BCUT2D eigenvalue weighted by molar-refractivity contribution is 4.85. The second-order valence-electron chi connectivity index (χ2n) is 4.90. The lowest BCUT2D eigenvalue weighted by Gasteiger charge is -2.33. The monoisotopic (exact) mass is 181 g/mol. The number of hydrogen-bond acceptors (Lipinski definition) is 1. The molecule has 2 aliphatic rings. The fraction of sp³-hybridized carbons (Fsp3) is 1.00. The highest BCUT2D eigenvalue weighted by atomic mass is 14.9. The van der Waals surface area contributed by atoms with Crippen LogP contribution in [-0.2, 0) is 0 Å². The minimum Gasteiger partial charge on any atom is -0.314 e. The van der Waals surface area contributed by atoms with E-state index in [1.54, 1.807) is 0 Å². The molecule has 1 heteroatoms. The molecule has 1 nitrogen and oxygen atoms in total. The van der Waals surface area contributed by atoms with E-state index in [-0.39, 0.29) is 0 Å². The molecular formula is C12H23N. The molecule has 1 saturated heterocycles. The van der Waals surface area contributed by atoms with E-state index in [2.05, 4.69) is 12.2 Å². The van der Waals surface area contributed by atoms with E-state index < -0.39 is 0 Å². The minimum atomic E-state index is 0.876. The van der Waals surface area contributed by atoms with Gasteiger partial charge in [0, 0.05) is 6.04 Å². The van der Waals surface area contributed by atoms with Gasteiger partial charge in [0.05, 0.1) is 0 Å². The standard InChI is InChI=1S/C12H23N/c1-2-10-7-8-13-12(9-10)11-5-3-4-6-11/h10-13H,2-9H2,1H3. The molecular weight excluding hydrogens is 158 g/mol. The fourth-order valence-electron chi connectivity index (χ4n) is 3.12. The van der Waals surface area contributed by atoms with Gasteiger partial charge in [-0.1, -0.05) is 26.2 Å². The van der Waals surface area contributed by atoms with Crippen molar-refractivity contribution in [2.24, 2.45) is 11.8 Å². The molecule has 2 unspecified atom stereocenters. The van der Waals surface area contributed by atoms with Crippen molar-refractivity contribution in [3.05, 3.63) is 0 Å². The van der Waals surface area contributed by atoms with Gasteiger partial charge in [0.1, 0.15) is 0 Å². The maximum Gasteiger partial charge on any atom is 0.00979 e. The summed E-state index contributed by atoms with van der Waals surface area (Å²) < 4.78 is 0. The van der Waals surface area contributed by atoms with Gasteiger partial charge in [0.15, 0.2) is 0 Å². The van der Waals surface area contributed by atoms with Crippen LogP contribution in [0.5, 0.6) is 0 Å². The zero-order valence-electron chi connectivity index (χ0n) is 8.89. The third-order valence-corrected chi connectivity index (χ3v) is 4.09. The van der Waals surface area contributed by atoms with Crippen LogP contribution < -0.4 is 5.32 Å². The van der Waals surface area contributed by atoms with Crippen LogP contribution in [0.2, 0.25) is 0 Å². The maximum atomic E-state index is 3.73. The van der Waals surface area contributed by atoms with Crippen LogP contribution in [-0.4, -0.2) is 12.6 Å². The van der Waals surface area contributed by atoms with Gasteiger partial charge in [-0.2, -0.15) is 0 Å². The highest BCUT2D eigenvalue weighted by Crippen LogP contribution is 2.33. The summed E-state index contributed by atoms with van der Waals surface area (Å²) in [6.45, 7) is 3.63. The van der Waals surface area contributed by atoms with Crippen LogP contribution in [0.4, 0.5) is 0 Å². The van der Waals surface area contributed by atoms with Crippen LogP contribution >= 0.6 is 0 Å². The summed E-state index contributed by atoms with van der Waals surface area (Å²) >= 11 is 0. The topological polar surface area (TPSA) is 12.0 Å². The summed E-state index contributed by atoms with van der Waals surface area (Å²) in [5, 5.41) is 3.73. The van der Waals surface area contributed by atoms with E-state index in [4.69, 9.17) is 0 Å². The molecule has 0 amide bonds. The number of hydrogen-bond donors (Lipinski definition) is 1. The Morgan fingerprint density at radius 1 is 1.15 bits per heavy atom. The first-order valence-corrected chi connectivity index (χ1v) is 6.13. The summed E-state index contributed by atoms with van der Waals surface area (Å²) in [5.74, 6) is 2.04. The van der Waals surface area contributed by atoms with Gasteiger partial charge in [-0.25, -0.2) is 0 Å². The van der Waals surface area contributed by atoms with E-state index in [1.807, 2.05) is 0 Å². The van der Waals surface area contributed by atoms with Crippen LogP contribution in [0.15, 0.2) is 0 Å². The summed E-state index contributed by atoms with van der Waals surface area (Å²) in [6.07, 6.45) is 10.2. The molecule has 0 bridgehead atoms. The fourth-order valence-corrected chi connectivity index (χ4v) is 3.12. The second kappa shape index (κ2) is 4.45. The van der Waals surface area contributed by atoms with Crippen molar-refractivity contribution in [1.29, 1.82) is 0 Å². The van der Waals surface area contributed by atoms with Crippen LogP contribution in [0.25, 0.3) is 0 Å². The third-order valence-electron chi connectivity index (χ3n) is 4.09. The molecule has 1 heterocycles. The molecule has 0 spiro atoms. The van der Waals surface area contributed by atoms with Crippen LogP contribution in [0.1, 0.15) is 51.9 Å². The minimum absolute atomic E-state index is 0.876. The molecule has 1 aliphatic carbocycles. The van der Waals surface area contributed by atoms with Crippen molar-refractivity contribution < 1.29 is 0 Å². The Morgan fingerprint density at radius 3 is 2.62 bits per heavy atom. The first-order chi connectivity index (χ1) is 6.40. The predicted molar refractivity (Wildman–Crippen MR) is 56.8 cm³/mol. The lowest BCUT2D eigenvalue weighted by Crippen LogP contribution is -2.42. The second-order valence-corrected chi connectivity index (χ2v) is 4.90. The van der Waals surface area contributed by atoms with Gasteiger partial charge < -0.3 is 5.32 Å². The van der Waals surface area contributed by atoms with Crippen LogP contribution in [0, 0.1) is 11.8 Å². The summed E-state index contributed by atoms with van der Waals surface area (Å²) in [7, 11) is 0. The molecule has 76 valence electrons. The van der Waals surface area contributed by atoms with Crippen molar-refractivity contribution in [1.82, 2.24) is 5.32 Å². The third kappa shape index (κ3) is 2.25. The van der Waals surface area contributed by atoms with Crippen LogP contribution in [0.3, 0.4) is 0 Å². The lowest BCUT2D eigenvalue weighted by molar-refractivity contribution is 0.234. The molecule has 2 atom stereocenters. The zero-order valence-corrected chi connectivity index (χ0v) is 8.89. The van der Waals surface area contributed by atoms with E-state index in [0.717, 1.165) is 17.9 Å². The van der Waals surface area contributed by atoms with Gasteiger partial charge in [0.2, 0.25) is 0 Å². The molecule has 1 aliphatic heterocycles. The number of rotatable bonds is 2. The molecule has 1 saturated carbocycles. The quantitative estimate of drug-likeness (QED) is 0.690. The Labute approximate surface area is 82.3 Å². The van der Waals surface area contributed by atoms with E-state index in [9.17, 15) is 0 Å².